The van der Waals surface area contributed by atoms with Crippen LogP contribution in [0.1, 0.15) is 63.0 Å². The third-order valence-corrected chi connectivity index (χ3v) is 10.6. The molecule has 0 aromatic heterocycles. The van der Waals surface area contributed by atoms with Crippen LogP contribution in [0.4, 0.5) is 8.78 Å². The Balaban J connectivity index is 1.40. The van der Waals surface area contributed by atoms with Crippen molar-refractivity contribution < 1.29 is 23.7 Å². The fraction of sp³-hybridized carbons (Fsp3) is 0.679. The molecule has 2 saturated heterocycles. The van der Waals surface area contributed by atoms with Crippen LogP contribution in [-0.2, 0) is 4.74 Å². The Morgan fingerprint density at radius 3 is 2.46 bits per heavy atom. The van der Waals surface area contributed by atoms with Crippen LogP contribution >= 0.6 is 0 Å². The van der Waals surface area contributed by atoms with E-state index in [1.807, 2.05) is 24.3 Å². The summed E-state index contributed by atoms with van der Waals surface area (Å²) in [4.78, 5) is 1.80. The monoisotopic (exact) mass is 484 g/mol. The maximum atomic E-state index is 17.1. The van der Waals surface area contributed by atoms with Crippen molar-refractivity contribution in [2.24, 2.45) is 11.3 Å². The number of benzene rings is 1. The molecule has 5 aliphatic rings. The Kier molecular flexibility index (Phi) is 4.80. The van der Waals surface area contributed by atoms with Crippen molar-refractivity contribution in [2.75, 3.05) is 14.1 Å². The second kappa shape index (κ2) is 7.13. The van der Waals surface area contributed by atoms with Crippen LogP contribution in [-0.4, -0.2) is 70.0 Å². The van der Waals surface area contributed by atoms with Crippen LogP contribution in [0.25, 0.3) is 5.57 Å². The van der Waals surface area contributed by atoms with Crippen molar-refractivity contribution in [1.29, 1.82) is 5.26 Å². The van der Waals surface area contributed by atoms with E-state index in [0.717, 1.165) is 11.1 Å². The Bertz CT molecular complexity index is 1130. The van der Waals surface area contributed by atoms with Gasteiger partial charge in [0.2, 0.25) is 0 Å². The van der Waals surface area contributed by atoms with Crippen LogP contribution in [0.5, 0.6) is 0 Å². The van der Waals surface area contributed by atoms with Gasteiger partial charge in [-0.15, -0.1) is 0 Å². The largest absolute Gasteiger partial charge is 0.389 e. The molecule has 0 radical (unpaired) electrons. The average molecular weight is 485 g/mol. The zero-order valence-electron chi connectivity index (χ0n) is 20.6. The minimum atomic E-state index is -2.33. The lowest BCUT2D eigenvalue weighted by atomic mass is 9.51. The van der Waals surface area contributed by atoms with Crippen molar-refractivity contribution in [3.8, 4) is 6.07 Å². The number of likely N-dealkylation sites (N-methyl/N-ethyl adjacent to an activating group) is 1. The first-order chi connectivity index (χ1) is 16.5. The number of hydrogen-bond acceptors (Lipinski definition) is 5. The second-order valence-electron chi connectivity index (χ2n) is 12.2. The Morgan fingerprint density at radius 2 is 1.80 bits per heavy atom. The van der Waals surface area contributed by atoms with Crippen LogP contribution in [0, 0.1) is 22.7 Å². The molecule has 1 aromatic rings. The Morgan fingerprint density at radius 1 is 1.09 bits per heavy atom. The molecule has 9 unspecified atom stereocenters. The first kappa shape index (κ1) is 23.5. The highest BCUT2D eigenvalue weighted by molar-refractivity contribution is 5.74. The van der Waals surface area contributed by atoms with E-state index in [9.17, 15) is 15.5 Å². The normalized spacial score (nSPS) is 50.2. The predicted molar refractivity (Wildman–Crippen MR) is 127 cm³/mol. The summed E-state index contributed by atoms with van der Waals surface area (Å²) >= 11 is 0. The SMILES string of the molecule is CN(C)C1CC23CCC4(O2)C2CC=C(c5ccc(C#N)cc5)C2(C)CCC4(F)CC3(F)C(O)C1O. The van der Waals surface area contributed by atoms with Gasteiger partial charge in [-0.1, -0.05) is 25.1 Å². The topological polar surface area (TPSA) is 76.7 Å². The van der Waals surface area contributed by atoms with Gasteiger partial charge in [0.1, 0.15) is 23.0 Å². The highest BCUT2D eigenvalue weighted by Crippen LogP contribution is 2.74. The van der Waals surface area contributed by atoms with Gasteiger partial charge in [-0.3, -0.25) is 0 Å². The van der Waals surface area contributed by atoms with Crippen LogP contribution in [0.15, 0.2) is 30.3 Å². The molecule has 2 spiro atoms. The predicted octanol–water partition coefficient (Wildman–Crippen LogP) is 3.93. The second-order valence-corrected chi connectivity index (χ2v) is 12.2. The van der Waals surface area contributed by atoms with Crippen molar-refractivity contribution in [3.05, 3.63) is 41.5 Å². The number of nitriles is 1. The van der Waals surface area contributed by atoms with Crippen molar-refractivity contribution in [2.45, 2.75) is 92.7 Å². The number of nitrogens with zero attached hydrogens (tertiary/aromatic N) is 2. The molecule has 2 bridgehead atoms. The number of aliphatic hydroxyl groups is 2. The number of aliphatic hydroxyl groups excluding tert-OH is 2. The van der Waals surface area contributed by atoms with Gasteiger partial charge in [0.15, 0.2) is 5.67 Å². The molecular formula is C28H34F2N2O3. The fourth-order valence-corrected chi connectivity index (χ4v) is 8.70. The molecular weight excluding hydrogens is 450 g/mol. The van der Waals surface area contributed by atoms with Gasteiger partial charge in [0.05, 0.1) is 17.7 Å². The summed E-state index contributed by atoms with van der Waals surface area (Å²) < 4.78 is 40.7. The third kappa shape index (κ3) is 2.69. The summed E-state index contributed by atoms with van der Waals surface area (Å²) in [7, 11) is 3.61. The standard InChI is InChI=1S/C28H34F2N2O3/c1-24-10-11-25(29)16-27(30)23(34)22(33)20(32(2)3)14-26(27)12-13-28(25,35-26)21(24)9-8-19(24)18-6-4-17(15-31)5-7-18/h4-8,20-23,33-34H,9-14,16H2,1-3H3. The van der Waals surface area contributed by atoms with Gasteiger partial charge >= 0.3 is 0 Å². The number of alkyl halides is 2. The van der Waals surface area contributed by atoms with E-state index in [1.54, 1.807) is 19.0 Å². The summed E-state index contributed by atoms with van der Waals surface area (Å²) in [5, 5.41) is 30.9. The van der Waals surface area contributed by atoms with Gasteiger partial charge in [0, 0.05) is 18.4 Å². The van der Waals surface area contributed by atoms with E-state index in [1.165, 1.54) is 0 Å². The third-order valence-electron chi connectivity index (χ3n) is 10.6. The molecule has 9 atom stereocenters. The maximum absolute atomic E-state index is 17.1. The minimum absolute atomic E-state index is 0.148. The first-order valence-electron chi connectivity index (χ1n) is 12.8. The van der Waals surface area contributed by atoms with Crippen LogP contribution in [0.3, 0.4) is 0 Å². The minimum Gasteiger partial charge on any atom is -0.389 e. The fourth-order valence-electron chi connectivity index (χ4n) is 8.70. The van der Waals surface area contributed by atoms with Gasteiger partial charge in [0.25, 0.3) is 0 Å². The Hall–Kier alpha value is -1.85. The number of rotatable bonds is 2. The molecule has 6 rings (SSSR count). The number of allylic oxidation sites excluding steroid dienone is 2. The number of halogens is 2. The Labute approximate surface area is 205 Å². The van der Waals surface area contributed by atoms with Gasteiger partial charge in [-0.05, 0) is 81.3 Å². The van der Waals surface area contributed by atoms with E-state index in [2.05, 4.69) is 19.1 Å². The first-order valence-corrected chi connectivity index (χ1v) is 12.8. The molecule has 2 aliphatic heterocycles. The van der Waals surface area contributed by atoms with Crippen molar-refractivity contribution >= 4 is 5.57 Å². The molecule has 3 aliphatic carbocycles. The molecule has 188 valence electrons. The molecule has 5 nitrogen and oxygen atoms in total. The summed E-state index contributed by atoms with van der Waals surface area (Å²) in [6.07, 6.45) is 1.07. The summed E-state index contributed by atoms with van der Waals surface area (Å²) in [5.74, 6) is -0.148. The lowest BCUT2D eigenvalue weighted by molar-refractivity contribution is -0.347. The van der Waals surface area contributed by atoms with Crippen LogP contribution in [0.2, 0.25) is 0 Å². The highest BCUT2D eigenvalue weighted by atomic mass is 19.2. The molecule has 7 heteroatoms. The summed E-state index contributed by atoms with van der Waals surface area (Å²) in [6, 6.07) is 9.21. The molecule has 35 heavy (non-hydrogen) atoms. The molecule has 4 fully saturated rings. The van der Waals surface area contributed by atoms with E-state index in [4.69, 9.17) is 4.74 Å². The molecule has 0 amide bonds. The average Bonchev–Trinajstić information content (AvgIpc) is 3.37. The summed E-state index contributed by atoms with van der Waals surface area (Å²) in [6.45, 7) is 2.18. The maximum Gasteiger partial charge on any atom is 0.171 e. The highest BCUT2D eigenvalue weighted by Gasteiger charge is 2.82. The number of fused-ring (bicyclic) bond motifs is 1. The lowest BCUT2D eigenvalue weighted by Crippen LogP contribution is -2.78. The van der Waals surface area contributed by atoms with E-state index in [0.29, 0.717) is 31.2 Å². The van der Waals surface area contributed by atoms with Crippen molar-refractivity contribution in [3.63, 3.8) is 0 Å². The summed E-state index contributed by atoms with van der Waals surface area (Å²) in [5.41, 5.74) is -4.24. The zero-order chi connectivity index (χ0) is 25.0. The number of hydrogen-bond donors (Lipinski definition) is 2. The quantitative estimate of drug-likeness (QED) is 0.665. The molecule has 2 saturated carbocycles. The van der Waals surface area contributed by atoms with Gasteiger partial charge in [-0.25, -0.2) is 8.78 Å². The zero-order valence-corrected chi connectivity index (χ0v) is 20.6. The van der Waals surface area contributed by atoms with Gasteiger partial charge in [-0.2, -0.15) is 5.26 Å². The molecule has 2 heterocycles. The molecule has 2 N–H and O–H groups in total. The molecule has 1 aromatic carbocycles. The van der Waals surface area contributed by atoms with Gasteiger partial charge < -0.3 is 19.8 Å². The van der Waals surface area contributed by atoms with Crippen LogP contribution < -0.4 is 0 Å². The van der Waals surface area contributed by atoms with E-state index in [-0.39, 0.29) is 24.2 Å². The number of ether oxygens (including phenoxy) is 1. The van der Waals surface area contributed by atoms with E-state index >= 15 is 8.78 Å². The lowest BCUT2D eigenvalue weighted by Gasteiger charge is -2.65. The van der Waals surface area contributed by atoms with E-state index < -0.39 is 47.2 Å². The smallest absolute Gasteiger partial charge is 0.171 e. The van der Waals surface area contributed by atoms with Crippen molar-refractivity contribution in [1.82, 2.24) is 4.90 Å².